The van der Waals surface area contributed by atoms with E-state index in [4.69, 9.17) is 11.6 Å². The summed E-state index contributed by atoms with van der Waals surface area (Å²) in [7, 11) is 2.64. The maximum Gasteiger partial charge on any atom is 0.226 e. The summed E-state index contributed by atoms with van der Waals surface area (Å²) in [5, 5.41) is 1.76. The molecule has 5 heteroatoms. The molecule has 1 heterocycles. The molecule has 19 heavy (non-hydrogen) atoms. The van der Waals surface area contributed by atoms with Crippen LogP contribution in [0.5, 0.6) is 0 Å². The van der Waals surface area contributed by atoms with Crippen LogP contribution in [0.15, 0.2) is 30.9 Å². The quantitative estimate of drug-likeness (QED) is 0.630. The molecule has 102 valence electrons. The van der Waals surface area contributed by atoms with Crippen molar-refractivity contribution in [2.45, 2.75) is 6.42 Å². The molecule has 1 aliphatic heterocycles. The molecule has 1 unspecified atom stereocenters. The summed E-state index contributed by atoms with van der Waals surface area (Å²) < 4.78 is 0. The Morgan fingerprint density at radius 2 is 2.05 bits per heavy atom. The summed E-state index contributed by atoms with van der Waals surface area (Å²) in [6.45, 7) is 6.85. The second-order valence-corrected chi connectivity index (χ2v) is 5.60. The molecule has 1 saturated heterocycles. The molecular weight excluding hydrogens is 279 g/mol. The molecule has 1 fully saturated rings. The Kier molecular flexibility index (Phi) is 4.84. The van der Waals surface area contributed by atoms with Crippen molar-refractivity contribution in [2.75, 3.05) is 31.1 Å². The summed E-state index contributed by atoms with van der Waals surface area (Å²) in [5.41, 5.74) is 1.16. The summed E-state index contributed by atoms with van der Waals surface area (Å²) in [4.78, 5) is 15.9. The van der Waals surface area contributed by atoms with Gasteiger partial charge in [0.15, 0.2) is 0 Å². The Morgan fingerprint density at radius 1 is 1.37 bits per heavy atom. The molecule has 1 aromatic rings. The van der Waals surface area contributed by atoms with Crippen molar-refractivity contribution in [3.63, 3.8) is 0 Å². The molecule has 1 atom stereocenters. The van der Waals surface area contributed by atoms with Gasteiger partial charge in [0.25, 0.3) is 0 Å². The summed E-state index contributed by atoms with van der Waals surface area (Å²) in [5.74, 6) is 0.164. The zero-order chi connectivity index (χ0) is 13.8. The molecule has 1 aliphatic rings. The number of amides is 1. The highest BCUT2D eigenvalue weighted by Gasteiger charge is 2.20. The summed E-state index contributed by atoms with van der Waals surface area (Å²) in [6.07, 6.45) is 2.09. The molecule has 0 radical (unpaired) electrons. The number of carbonyl (C=O) groups excluding carboxylic acids is 1. The lowest BCUT2D eigenvalue weighted by Gasteiger charge is -2.36. The summed E-state index contributed by atoms with van der Waals surface area (Å²) >= 11 is 6.02. The number of anilines is 1. The van der Waals surface area contributed by atoms with Gasteiger partial charge in [-0.2, -0.15) is 0 Å². The highest BCUT2D eigenvalue weighted by atomic mass is 35.5. The minimum absolute atomic E-state index is 0.164. The molecule has 0 bridgehead atoms. The first-order valence-electron chi connectivity index (χ1n) is 6.30. The van der Waals surface area contributed by atoms with E-state index >= 15 is 0 Å². The molecule has 0 aliphatic carbocycles. The highest BCUT2D eigenvalue weighted by molar-refractivity contribution is 7.28. The lowest BCUT2D eigenvalue weighted by Crippen LogP contribution is -2.48. The van der Waals surface area contributed by atoms with E-state index in [1.165, 1.54) is 0 Å². The second-order valence-electron chi connectivity index (χ2n) is 4.57. The standard InChI is InChI=1S/C14H18ClN2OP/c1-2-3-14(18)17-8-6-16(7-9-17)11-4-5-12(15)13(19)10-11/h2,4-5,10H,1,3,6-9,19H2. The zero-order valence-corrected chi connectivity index (χ0v) is 12.7. The lowest BCUT2D eigenvalue weighted by atomic mass is 10.2. The molecule has 2 rings (SSSR count). The first-order valence-corrected chi connectivity index (χ1v) is 7.26. The highest BCUT2D eigenvalue weighted by Crippen LogP contribution is 2.20. The smallest absolute Gasteiger partial charge is 0.226 e. The topological polar surface area (TPSA) is 23.6 Å². The number of halogens is 1. The van der Waals surface area contributed by atoms with Crippen molar-refractivity contribution in [1.29, 1.82) is 0 Å². The number of piperazine rings is 1. The van der Waals surface area contributed by atoms with Crippen molar-refractivity contribution in [2.24, 2.45) is 0 Å². The van der Waals surface area contributed by atoms with Gasteiger partial charge in [0.05, 0.1) is 0 Å². The Morgan fingerprint density at radius 3 is 2.63 bits per heavy atom. The van der Waals surface area contributed by atoms with E-state index in [1.54, 1.807) is 6.08 Å². The summed E-state index contributed by atoms with van der Waals surface area (Å²) in [6, 6.07) is 6.00. The largest absolute Gasteiger partial charge is 0.368 e. The Balaban J connectivity index is 1.97. The number of benzene rings is 1. The van der Waals surface area contributed by atoms with Gasteiger partial charge in [0.1, 0.15) is 0 Å². The molecule has 3 nitrogen and oxygen atoms in total. The number of hydrogen-bond acceptors (Lipinski definition) is 2. The fourth-order valence-electron chi connectivity index (χ4n) is 2.19. The average Bonchev–Trinajstić information content (AvgIpc) is 2.42. The van der Waals surface area contributed by atoms with Crippen molar-refractivity contribution in [1.82, 2.24) is 4.90 Å². The molecule has 0 spiro atoms. The van der Waals surface area contributed by atoms with Crippen LogP contribution < -0.4 is 10.2 Å². The molecule has 0 N–H and O–H groups in total. The molecule has 0 saturated carbocycles. The van der Waals surface area contributed by atoms with Crippen LogP contribution in [0.25, 0.3) is 0 Å². The predicted molar refractivity (Wildman–Crippen MR) is 84.4 cm³/mol. The van der Waals surface area contributed by atoms with Gasteiger partial charge in [-0.3, -0.25) is 4.79 Å². The van der Waals surface area contributed by atoms with Crippen molar-refractivity contribution in [3.05, 3.63) is 35.9 Å². The Bertz CT molecular complexity index is 484. The maximum absolute atomic E-state index is 11.8. The third-order valence-electron chi connectivity index (χ3n) is 3.30. The van der Waals surface area contributed by atoms with Gasteiger partial charge in [-0.1, -0.05) is 17.7 Å². The predicted octanol–water partition coefficient (Wildman–Crippen LogP) is 2.07. The number of rotatable bonds is 3. The van der Waals surface area contributed by atoms with Crippen LogP contribution in [0.4, 0.5) is 5.69 Å². The fraction of sp³-hybridized carbons (Fsp3) is 0.357. The van der Waals surface area contributed by atoms with Gasteiger partial charge < -0.3 is 9.80 Å². The molecule has 0 aromatic heterocycles. The Labute approximate surface area is 121 Å². The normalized spacial score (nSPS) is 15.5. The van der Waals surface area contributed by atoms with Crippen LogP contribution in [0.2, 0.25) is 5.02 Å². The van der Waals surface area contributed by atoms with Crippen LogP contribution in [0.1, 0.15) is 6.42 Å². The van der Waals surface area contributed by atoms with Gasteiger partial charge in [-0.25, -0.2) is 0 Å². The first-order chi connectivity index (χ1) is 9.11. The lowest BCUT2D eigenvalue weighted by molar-refractivity contribution is -0.130. The van der Waals surface area contributed by atoms with E-state index in [2.05, 4.69) is 26.8 Å². The third-order valence-corrected chi connectivity index (χ3v) is 4.30. The van der Waals surface area contributed by atoms with E-state index in [0.717, 1.165) is 42.2 Å². The van der Waals surface area contributed by atoms with E-state index in [0.29, 0.717) is 6.42 Å². The SMILES string of the molecule is C=CCC(=O)N1CCN(c2ccc(Cl)c(P)c2)CC1. The van der Waals surface area contributed by atoms with E-state index < -0.39 is 0 Å². The van der Waals surface area contributed by atoms with Crippen LogP contribution in [0.3, 0.4) is 0 Å². The minimum atomic E-state index is 0.164. The second kappa shape index (κ2) is 6.40. The van der Waals surface area contributed by atoms with Crippen molar-refractivity contribution in [3.8, 4) is 0 Å². The van der Waals surface area contributed by atoms with Gasteiger partial charge in [0, 0.05) is 43.3 Å². The van der Waals surface area contributed by atoms with Crippen LogP contribution in [0, 0.1) is 0 Å². The third kappa shape index (κ3) is 3.49. The van der Waals surface area contributed by atoms with Crippen molar-refractivity contribution >= 4 is 37.7 Å². The first kappa shape index (κ1) is 14.4. The van der Waals surface area contributed by atoms with Crippen LogP contribution >= 0.6 is 20.8 Å². The maximum atomic E-state index is 11.8. The van der Waals surface area contributed by atoms with E-state index in [1.807, 2.05) is 17.0 Å². The number of hydrogen-bond donors (Lipinski definition) is 0. The van der Waals surface area contributed by atoms with Gasteiger partial charge in [-0.05, 0) is 23.5 Å². The number of carbonyl (C=O) groups is 1. The van der Waals surface area contributed by atoms with Gasteiger partial charge >= 0.3 is 0 Å². The number of nitrogens with zero attached hydrogens (tertiary/aromatic N) is 2. The van der Waals surface area contributed by atoms with Gasteiger partial charge in [0.2, 0.25) is 5.91 Å². The monoisotopic (exact) mass is 296 g/mol. The molecule has 1 amide bonds. The Hall–Kier alpha value is -1.05. The minimum Gasteiger partial charge on any atom is -0.368 e. The van der Waals surface area contributed by atoms with Gasteiger partial charge in [-0.15, -0.1) is 15.8 Å². The van der Waals surface area contributed by atoms with Crippen molar-refractivity contribution < 1.29 is 4.79 Å². The fourth-order valence-corrected chi connectivity index (χ4v) is 2.58. The molecule has 1 aromatic carbocycles. The average molecular weight is 297 g/mol. The van der Waals surface area contributed by atoms with E-state index in [9.17, 15) is 4.79 Å². The van der Waals surface area contributed by atoms with E-state index in [-0.39, 0.29) is 5.91 Å². The zero-order valence-electron chi connectivity index (χ0n) is 10.8. The molecular formula is C14H18ClN2OP. The van der Waals surface area contributed by atoms with Crippen LogP contribution in [-0.2, 0) is 4.79 Å². The van der Waals surface area contributed by atoms with Crippen LogP contribution in [-0.4, -0.2) is 37.0 Å².